The summed E-state index contributed by atoms with van der Waals surface area (Å²) >= 11 is 1.34. The summed E-state index contributed by atoms with van der Waals surface area (Å²) in [6.45, 7) is 1.32. The maximum Gasteiger partial charge on any atom is 0.264 e. The van der Waals surface area contributed by atoms with Crippen molar-refractivity contribution in [1.29, 1.82) is 0 Å². The number of amides is 1. The summed E-state index contributed by atoms with van der Waals surface area (Å²) in [7, 11) is 0. The van der Waals surface area contributed by atoms with E-state index in [-0.39, 0.29) is 17.8 Å². The van der Waals surface area contributed by atoms with E-state index in [4.69, 9.17) is 5.73 Å². The molecule has 1 atom stereocenters. The van der Waals surface area contributed by atoms with E-state index in [1.165, 1.54) is 23.5 Å². The van der Waals surface area contributed by atoms with Crippen molar-refractivity contribution in [2.75, 3.05) is 13.1 Å². The van der Waals surface area contributed by atoms with E-state index in [2.05, 4.69) is 0 Å². The van der Waals surface area contributed by atoms with Gasteiger partial charge in [-0.25, -0.2) is 4.39 Å². The van der Waals surface area contributed by atoms with Crippen molar-refractivity contribution in [2.45, 2.75) is 12.5 Å². The molecule has 0 spiro atoms. The number of carbonyl (C=O) groups excluding carboxylic acids is 1. The molecule has 94 valence electrons. The zero-order chi connectivity index (χ0) is 12.7. The van der Waals surface area contributed by atoms with Crippen LogP contribution in [0.5, 0.6) is 0 Å². The molecule has 2 aromatic rings. The average Bonchev–Trinajstić information content (AvgIpc) is 2.93. The maximum absolute atomic E-state index is 13.1. The van der Waals surface area contributed by atoms with Crippen molar-refractivity contribution in [1.82, 2.24) is 4.90 Å². The van der Waals surface area contributed by atoms with Gasteiger partial charge >= 0.3 is 0 Å². The molecule has 1 saturated heterocycles. The molecule has 0 radical (unpaired) electrons. The first-order chi connectivity index (χ1) is 8.63. The Kier molecular flexibility index (Phi) is 2.80. The van der Waals surface area contributed by atoms with E-state index in [1.807, 2.05) is 6.07 Å². The van der Waals surface area contributed by atoms with Crippen molar-refractivity contribution in [3.05, 3.63) is 35.0 Å². The predicted molar refractivity (Wildman–Crippen MR) is 70.3 cm³/mol. The lowest BCUT2D eigenvalue weighted by Gasteiger charge is -2.13. The number of hydrogen-bond acceptors (Lipinski definition) is 3. The smallest absolute Gasteiger partial charge is 0.264 e. The van der Waals surface area contributed by atoms with E-state index in [1.54, 1.807) is 11.0 Å². The van der Waals surface area contributed by atoms with E-state index < -0.39 is 0 Å². The Labute approximate surface area is 108 Å². The molecule has 1 fully saturated rings. The standard InChI is InChI=1S/C13H13FN2OS/c14-9-2-1-8-5-12(18-11(8)6-9)13(17)16-4-3-10(15)7-16/h1-2,5-6,10H,3-4,7,15H2/t10-/m0/s1. The number of carbonyl (C=O) groups is 1. The van der Waals surface area contributed by atoms with E-state index >= 15 is 0 Å². The largest absolute Gasteiger partial charge is 0.336 e. The zero-order valence-corrected chi connectivity index (χ0v) is 10.5. The monoisotopic (exact) mass is 264 g/mol. The molecule has 3 rings (SSSR count). The summed E-state index contributed by atoms with van der Waals surface area (Å²) in [6.07, 6.45) is 0.852. The normalized spacial score (nSPS) is 19.7. The van der Waals surface area contributed by atoms with Gasteiger partial charge in [0.1, 0.15) is 5.82 Å². The molecule has 2 heterocycles. The fraction of sp³-hybridized carbons (Fsp3) is 0.308. The second-order valence-corrected chi connectivity index (χ2v) is 5.68. The van der Waals surface area contributed by atoms with Crippen molar-refractivity contribution in [3.63, 3.8) is 0 Å². The van der Waals surface area contributed by atoms with Gasteiger partial charge in [0.25, 0.3) is 5.91 Å². The summed E-state index contributed by atoms with van der Waals surface area (Å²) in [4.78, 5) is 14.7. The van der Waals surface area contributed by atoms with Crippen LogP contribution in [-0.4, -0.2) is 29.9 Å². The number of fused-ring (bicyclic) bond motifs is 1. The minimum absolute atomic E-state index is 0.00422. The van der Waals surface area contributed by atoms with Gasteiger partial charge in [-0.2, -0.15) is 0 Å². The molecule has 1 aromatic carbocycles. The Hall–Kier alpha value is -1.46. The topological polar surface area (TPSA) is 46.3 Å². The van der Waals surface area contributed by atoms with E-state index in [0.29, 0.717) is 18.0 Å². The summed E-state index contributed by atoms with van der Waals surface area (Å²) in [5.41, 5.74) is 5.80. The third kappa shape index (κ3) is 2.00. The van der Waals surface area contributed by atoms with Crippen LogP contribution in [0, 0.1) is 5.82 Å². The number of hydrogen-bond donors (Lipinski definition) is 1. The SMILES string of the molecule is N[C@H]1CCN(C(=O)c2cc3ccc(F)cc3s2)C1. The number of thiophene rings is 1. The number of nitrogens with two attached hydrogens (primary N) is 1. The average molecular weight is 264 g/mol. The first-order valence-electron chi connectivity index (χ1n) is 5.87. The molecule has 18 heavy (non-hydrogen) atoms. The number of nitrogens with zero attached hydrogens (tertiary/aromatic N) is 1. The van der Waals surface area contributed by atoms with Gasteiger partial charge in [-0.05, 0) is 30.0 Å². The van der Waals surface area contributed by atoms with E-state index in [9.17, 15) is 9.18 Å². The summed E-state index contributed by atoms with van der Waals surface area (Å²) in [5, 5.41) is 0.910. The molecular formula is C13H13FN2OS. The van der Waals surface area contributed by atoms with Gasteiger partial charge in [0.05, 0.1) is 4.88 Å². The highest BCUT2D eigenvalue weighted by Crippen LogP contribution is 2.28. The molecule has 1 aliphatic heterocycles. The minimum Gasteiger partial charge on any atom is -0.336 e. The van der Waals surface area contributed by atoms with Gasteiger partial charge in [-0.15, -0.1) is 11.3 Å². The van der Waals surface area contributed by atoms with Crippen LogP contribution in [0.3, 0.4) is 0 Å². The lowest BCUT2D eigenvalue weighted by Crippen LogP contribution is -2.31. The molecule has 1 aromatic heterocycles. The highest BCUT2D eigenvalue weighted by Gasteiger charge is 2.25. The van der Waals surface area contributed by atoms with Crippen LogP contribution >= 0.6 is 11.3 Å². The number of halogens is 1. The Morgan fingerprint density at radius 2 is 2.28 bits per heavy atom. The van der Waals surface area contributed by atoms with Crippen molar-refractivity contribution in [2.24, 2.45) is 5.73 Å². The molecule has 0 aliphatic carbocycles. The third-order valence-corrected chi connectivity index (χ3v) is 4.29. The fourth-order valence-corrected chi connectivity index (χ4v) is 3.29. The highest BCUT2D eigenvalue weighted by molar-refractivity contribution is 7.20. The summed E-state index contributed by atoms with van der Waals surface area (Å²) < 4.78 is 13.9. The molecule has 1 aliphatic rings. The second-order valence-electron chi connectivity index (χ2n) is 4.59. The minimum atomic E-state index is -0.272. The van der Waals surface area contributed by atoms with Crippen LogP contribution in [0.1, 0.15) is 16.1 Å². The van der Waals surface area contributed by atoms with Gasteiger partial charge in [-0.3, -0.25) is 4.79 Å². The molecule has 3 nitrogen and oxygen atoms in total. The Bertz CT molecular complexity index is 610. The number of likely N-dealkylation sites (tertiary alicyclic amines) is 1. The van der Waals surface area contributed by atoms with Crippen LogP contribution in [-0.2, 0) is 0 Å². The lowest BCUT2D eigenvalue weighted by atomic mass is 10.2. The van der Waals surface area contributed by atoms with Gasteiger partial charge in [-0.1, -0.05) is 6.07 Å². The molecular weight excluding hydrogens is 251 g/mol. The van der Waals surface area contributed by atoms with Crippen LogP contribution in [0.4, 0.5) is 4.39 Å². The number of benzene rings is 1. The Morgan fingerprint density at radius 3 is 3.00 bits per heavy atom. The number of rotatable bonds is 1. The second kappa shape index (κ2) is 4.33. The van der Waals surface area contributed by atoms with Crippen LogP contribution in [0.25, 0.3) is 10.1 Å². The molecule has 5 heteroatoms. The Morgan fingerprint density at radius 1 is 1.44 bits per heavy atom. The van der Waals surface area contributed by atoms with Crippen molar-refractivity contribution >= 4 is 27.3 Å². The van der Waals surface area contributed by atoms with Crippen molar-refractivity contribution < 1.29 is 9.18 Å². The first kappa shape index (κ1) is 11.6. The van der Waals surface area contributed by atoms with Gasteiger partial charge in [0, 0.05) is 23.8 Å². The van der Waals surface area contributed by atoms with Gasteiger partial charge in [0.15, 0.2) is 0 Å². The quantitative estimate of drug-likeness (QED) is 0.858. The van der Waals surface area contributed by atoms with E-state index in [0.717, 1.165) is 16.5 Å². The predicted octanol–water partition coefficient (Wildman–Crippen LogP) is 2.21. The molecule has 0 bridgehead atoms. The van der Waals surface area contributed by atoms with Gasteiger partial charge < -0.3 is 10.6 Å². The molecule has 1 amide bonds. The van der Waals surface area contributed by atoms with Crippen LogP contribution in [0.15, 0.2) is 24.3 Å². The van der Waals surface area contributed by atoms with Crippen LogP contribution < -0.4 is 5.73 Å². The van der Waals surface area contributed by atoms with Gasteiger partial charge in [0.2, 0.25) is 0 Å². The summed E-state index contributed by atoms with van der Waals surface area (Å²) in [5.74, 6) is -0.267. The molecule has 0 unspecified atom stereocenters. The zero-order valence-electron chi connectivity index (χ0n) is 9.73. The lowest BCUT2D eigenvalue weighted by molar-refractivity contribution is 0.0795. The molecule has 2 N–H and O–H groups in total. The third-order valence-electron chi connectivity index (χ3n) is 3.20. The highest BCUT2D eigenvalue weighted by atomic mass is 32.1. The fourth-order valence-electron chi connectivity index (χ4n) is 2.24. The first-order valence-corrected chi connectivity index (χ1v) is 6.69. The van der Waals surface area contributed by atoms with Crippen molar-refractivity contribution in [3.8, 4) is 0 Å². The maximum atomic E-state index is 13.1. The van der Waals surface area contributed by atoms with Crippen LogP contribution in [0.2, 0.25) is 0 Å². The Balaban J connectivity index is 1.92. The summed E-state index contributed by atoms with van der Waals surface area (Å²) in [6, 6.07) is 6.49. The molecule has 0 saturated carbocycles.